The minimum absolute atomic E-state index is 0.260. The standard InChI is InChI=1S/C15H14FN7S/c16-13-5-3-11(4-6-13)10-24-15-22-21-14(23(15)17)20-19-9-12-2-1-7-18-8-12/h1-9H,10,17H2,(H,20,21)/b19-9+. The lowest BCUT2D eigenvalue weighted by molar-refractivity contribution is 0.627. The van der Waals surface area contributed by atoms with E-state index in [9.17, 15) is 4.39 Å². The van der Waals surface area contributed by atoms with E-state index in [-0.39, 0.29) is 5.82 Å². The summed E-state index contributed by atoms with van der Waals surface area (Å²) in [7, 11) is 0. The summed E-state index contributed by atoms with van der Waals surface area (Å²) in [6.45, 7) is 0. The molecule has 0 aliphatic rings. The van der Waals surface area contributed by atoms with Gasteiger partial charge in [0.05, 0.1) is 6.21 Å². The van der Waals surface area contributed by atoms with Crippen LogP contribution in [0.3, 0.4) is 0 Å². The minimum atomic E-state index is -0.260. The normalized spacial score (nSPS) is 11.0. The second-order valence-electron chi connectivity index (χ2n) is 4.75. The Morgan fingerprint density at radius 2 is 2.08 bits per heavy atom. The summed E-state index contributed by atoms with van der Waals surface area (Å²) in [4.78, 5) is 3.99. The summed E-state index contributed by atoms with van der Waals surface area (Å²) >= 11 is 1.40. The van der Waals surface area contributed by atoms with Gasteiger partial charge in [-0.3, -0.25) is 4.98 Å². The fraction of sp³-hybridized carbons (Fsp3) is 0.0667. The molecule has 0 fully saturated rings. The number of thioether (sulfide) groups is 1. The quantitative estimate of drug-likeness (QED) is 0.309. The van der Waals surface area contributed by atoms with Crippen LogP contribution in [0.1, 0.15) is 11.1 Å². The third-order valence-corrected chi connectivity index (χ3v) is 4.02. The van der Waals surface area contributed by atoms with E-state index in [1.54, 1.807) is 30.7 Å². The van der Waals surface area contributed by atoms with Crippen molar-refractivity contribution in [2.45, 2.75) is 10.9 Å². The van der Waals surface area contributed by atoms with Gasteiger partial charge in [-0.2, -0.15) is 5.10 Å². The molecule has 0 saturated heterocycles. The van der Waals surface area contributed by atoms with Gasteiger partial charge in [-0.05, 0) is 23.8 Å². The Bertz CT molecular complexity index is 818. The summed E-state index contributed by atoms with van der Waals surface area (Å²) in [6, 6.07) is 9.96. The van der Waals surface area contributed by atoms with Crippen molar-refractivity contribution >= 4 is 23.9 Å². The second kappa shape index (κ2) is 7.55. The molecule has 0 atom stereocenters. The first kappa shape index (κ1) is 15.9. The molecule has 1 aromatic carbocycles. The maximum absolute atomic E-state index is 12.9. The largest absolute Gasteiger partial charge is 0.334 e. The van der Waals surface area contributed by atoms with Gasteiger partial charge in [0.25, 0.3) is 5.95 Å². The lowest BCUT2D eigenvalue weighted by Gasteiger charge is -2.03. The van der Waals surface area contributed by atoms with E-state index in [1.807, 2.05) is 12.1 Å². The number of anilines is 1. The first-order valence-electron chi connectivity index (χ1n) is 6.99. The highest BCUT2D eigenvalue weighted by atomic mass is 32.2. The van der Waals surface area contributed by atoms with Crippen LogP contribution in [0.4, 0.5) is 10.3 Å². The molecule has 24 heavy (non-hydrogen) atoms. The first-order valence-corrected chi connectivity index (χ1v) is 7.98. The number of hydrogen-bond donors (Lipinski definition) is 2. The summed E-state index contributed by atoms with van der Waals surface area (Å²) < 4.78 is 14.2. The van der Waals surface area contributed by atoms with E-state index in [4.69, 9.17) is 5.84 Å². The van der Waals surface area contributed by atoms with Crippen molar-refractivity contribution in [3.05, 3.63) is 65.7 Å². The highest BCUT2D eigenvalue weighted by Crippen LogP contribution is 2.21. The number of pyridine rings is 1. The molecular weight excluding hydrogens is 329 g/mol. The number of nitrogens with two attached hydrogens (primary N) is 1. The summed E-state index contributed by atoms with van der Waals surface area (Å²) in [5.74, 6) is 6.59. The Labute approximate surface area is 141 Å². The van der Waals surface area contributed by atoms with E-state index in [0.717, 1.165) is 11.1 Å². The van der Waals surface area contributed by atoms with Crippen LogP contribution < -0.4 is 11.3 Å². The Morgan fingerprint density at radius 3 is 2.83 bits per heavy atom. The summed E-state index contributed by atoms with van der Waals surface area (Å²) in [5.41, 5.74) is 4.54. The van der Waals surface area contributed by atoms with Crippen LogP contribution in [-0.2, 0) is 5.75 Å². The number of aromatic nitrogens is 4. The zero-order chi connectivity index (χ0) is 16.8. The minimum Gasteiger partial charge on any atom is -0.334 e. The SMILES string of the molecule is Nn1c(N/N=C/c2cccnc2)nnc1SCc1ccc(F)cc1. The molecule has 9 heteroatoms. The van der Waals surface area contributed by atoms with Crippen molar-refractivity contribution in [3.8, 4) is 0 Å². The summed E-state index contributed by atoms with van der Waals surface area (Å²) in [5, 5.41) is 12.5. The molecule has 0 radical (unpaired) electrons. The predicted octanol–water partition coefficient (Wildman–Crippen LogP) is 2.26. The number of nitrogens with zero attached hydrogens (tertiary/aromatic N) is 5. The average Bonchev–Trinajstić information content (AvgIpc) is 2.96. The Hall–Kier alpha value is -2.94. The highest BCUT2D eigenvalue weighted by Gasteiger charge is 2.09. The van der Waals surface area contributed by atoms with Gasteiger partial charge in [-0.1, -0.05) is 30.0 Å². The maximum atomic E-state index is 12.9. The molecule has 2 aromatic heterocycles. The van der Waals surface area contributed by atoms with Gasteiger partial charge >= 0.3 is 0 Å². The lowest BCUT2D eigenvalue weighted by atomic mass is 10.2. The van der Waals surface area contributed by atoms with Crippen LogP contribution in [0, 0.1) is 5.82 Å². The van der Waals surface area contributed by atoms with Crippen LogP contribution in [0.2, 0.25) is 0 Å². The van der Waals surface area contributed by atoms with Gasteiger partial charge in [0.15, 0.2) is 0 Å². The molecule has 122 valence electrons. The van der Waals surface area contributed by atoms with E-state index < -0.39 is 0 Å². The van der Waals surface area contributed by atoms with Crippen LogP contribution in [0.15, 0.2) is 59.0 Å². The van der Waals surface area contributed by atoms with Gasteiger partial charge < -0.3 is 5.84 Å². The molecular formula is C15H14FN7S. The fourth-order valence-electron chi connectivity index (χ4n) is 1.80. The molecule has 0 unspecified atom stereocenters. The Balaban J connectivity index is 1.59. The van der Waals surface area contributed by atoms with E-state index >= 15 is 0 Å². The molecule has 3 rings (SSSR count). The number of nitrogens with one attached hydrogen (secondary N) is 1. The van der Waals surface area contributed by atoms with Crippen molar-refractivity contribution in [2.24, 2.45) is 5.10 Å². The molecule has 2 heterocycles. The maximum Gasteiger partial charge on any atom is 0.264 e. The Kier molecular flexibility index (Phi) is 5.02. The molecule has 3 N–H and O–H groups in total. The van der Waals surface area contributed by atoms with Crippen molar-refractivity contribution in [1.82, 2.24) is 19.9 Å². The number of hydrogen-bond acceptors (Lipinski definition) is 7. The van der Waals surface area contributed by atoms with Gasteiger partial charge in [0.2, 0.25) is 5.16 Å². The van der Waals surface area contributed by atoms with Crippen molar-refractivity contribution < 1.29 is 4.39 Å². The van der Waals surface area contributed by atoms with Crippen LogP contribution in [0.25, 0.3) is 0 Å². The van der Waals surface area contributed by atoms with Gasteiger partial charge in [0, 0.05) is 23.7 Å². The third kappa shape index (κ3) is 4.07. The molecule has 0 amide bonds. The van der Waals surface area contributed by atoms with E-state index in [2.05, 4.69) is 25.7 Å². The van der Waals surface area contributed by atoms with Gasteiger partial charge in [-0.25, -0.2) is 14.5 Å². The number of benzene rings is 1. The number of nitrogen functional groups attached to an aromatic ring is 1. The molecule has 0 saturated carbocycles. The van der Waals surface area contributed by atoms with Gasteiger partial charge in [-0.15, -0.1) is 10.2 Å². The van der Waals surface area contributed by atoms with E-state index in [0.29, 0.717) is 16.9 Å². The molecule has 7 nitrogen and oxygen atoms in total. The average molecular weight is 343 g/mol. The lowest BCUT2D eigenvalue weighted by Crippen LogP contribution is -2.13. The topological polar surface area (TPSA) is 94.0 Å². The number of hydrazone groups is 1. The molecule has 0 bridgehead atoms. The van der Waals surface area contributed by atoms with Crippen molar-refractivity contribution in [1.29, 1.82) is 0 Å². The summed E-state index contributed by atoms with van der Waals surface area (Å²) in [6.07, 6.45) is 4.97. The zero-order valence-corrected chi connectivity index (χ0v) is 13.3. The van der Waals surface area contributed by atoms with Gasteiger partial charge in [0.1, 0.15) is 5.82 Å². The van der Waals surface area contributed by atoms with Crippen LogP contribution in [-0.4, -0.2) is 26.1 Å². The van der Waals surface area contributed by atoms with E-state index in [1.165, 1.54) is 28.6 Å². The number of halogens is 1. The smallest absolute Gasteiger partial charge is 0.264 e. The van der Waals surface area contributed by atoms with Crippen molar-refractivity contribution in [2.75, 3.05) is 11.3 Å². The zero-order valence-electron chi connectivity index (χ0n) is 12.5. The highest BCUT2D eigenvalue weighted by molar-refractivity contribution is 7.98. The first-order chi connectivity index (χ1) is 11.7. The van der Waals surface area contributed by atoms with Crippen LogP contribution in [0.5, 0.6) is 0 Å². The fourth-order valence-corrected chi connectivity index (χ4v) is 2.61. The third-order valence-electron chi connectivity index (χ3n) is 3.01. The molecule has 0 aliphatic carbocycles. The molecule has 0 spiro atoms. The van der Waals surface area contributed by atoms with Crippen LogP contribution >= 0.6 is 11.8 Å². The number of rotatable bonds is 6. The molecule has 3 aromatic rings. The predicted molar refractivity (Wildman–Crippen MR) is 91.6 cm³/mol. The van der Waals surface area contributed by atoms with Crippen molar-refractivity contribution in [3.63, 3.8) is 0 Å². The monoisotopic (exact) mass is 343 g/mol. The molecule has 0 aliphatic heterocycles. The second-order valence-corrected chi connectivity index (χ2v) is 5.69. The Morgan fingerprint density at radius 1 is 1.25 bits per heavy atom.